The summed E-state index contributed by atoms with van der Waals surface area (Å²) in [5.41, 5.74) is 5.97. The summed E-state index contributed by atoms with van der Waals surface area (Å²) >= 11 is 0. The molecule has 0 unspecified atom stereocenters. The van der Waals surface area contributed by atoms with Crippen LogP contribution in [0.4, 0.5) is 0 Å². The van der Waals surface area contributed by atoms with Crippen LogP contribution in [0, 0.1) is 0 Å². The highest BCUT2D eigenvalue weighted by Gasteiger charge is 2.17. The van der Waals surface area contributed by atoms with Crippen LogP contribution < -0.4 is 5.73 Å². The molecule has 2 rings (SSSR count). The molecule has 19 heavy (non-hydrogen) atoms. The van der Waals surface area contributed by atoms with Gasteiger partial charge >= 0.3 is 0 Å². The van der Waals surface area contributed by atoms with Gasteiger partial charge in [0.1, 0.15) is 0 Å². The number of ketones is 2. The largest absolute Gasteiger partial charge is 0.366 e. The summed E-state index contributed by atoms with van der Waals surface area (Å²) in [5, 5.41) is 0. The number of hydrogen-bond acceptors (Lipinski definition) is 3. The summed E-state index contributed by atoms with van der Waals surface area (Å²) in [5.74, 6) is -1.76. The zero-order chi connectivity index (χ0) is 13.8. The lowest BCUT2D eigenvalue weighted by atomic mass is 10.0. The second kappa shape index (κ2) is 5.27. The first-order valence-electron chi connectivity index (χ1n) is 5.63. The Kier molecular flexibility index (Phi) is 3.52. The second-order valence-electron chi connectivity index (χ2n) is 3.97. The van der Waals surface area contributed by atoms with Gasteiger partial charge in [-0.15, -0.1) is 0 Å². The standard InChI is InChI=1S/C15H11NO3/c16-15(19)12-8-6-11(7-9-12)14(18)13(17)10-4-2-1-3-5-10/h1-9H,(H2,16,19). The molecule has 0 radical (unpaired) electrons. The van der Waals surface area contributed by atoms with Crippen LogP contribution in [0.3, 0.4) is 0 Å². The van der Waals surface area contributed by atoms with E-state index < -0.39 is 17.5 Å². The zero-order valence-electron chi connectivity index (χ0n) is 10.00. The first-order chi connectivity index (χ1) is 9.09. The Hall–Kier alpha value is -2.75. The molecule has 4 nitrogen and oxygen atoms in total. The normalized spacial score (nSPS) is 9.89. The smallest absolute Gasteiger partial charge is 0.248 e. The van der Waals surface area contributed by atoms with Crippen LogP contribution in [0.25, 0.3) is 0 Å². The first kappa shape index (κ1) is 12.7. The van der Waals surface area contributed by atoms with Gasteiger partial charge in [-0.25, -0.2) is 0 Å². The third-order valence-electron chi connectivity index (χ3n) is 2.67. The van der Waals surface area contributed by atoms with Gasteiger partial charge < -0.3 is 5.73 Å². The Morgan fingerprint density at radius 2 is 1.05 bits per heavy atom. The maximum absolute atomic E-state index is 12.0. The van der Waals surface area contributed by atoms with E-state index in [2.05, 4.69) is 0 Å². The SMILES string of the molecule is NC(=O)c1ccc(C(=O)C(=O)c2ccccc2)cc1. The Morgan fingerprint density at radius 3 is 1.53 bits per heavy atom. The highest BCUT2D eigenvalue weighted by molar-refractivity contribution is 6.49. The third kappa shape index (κ3) is 2.74. The minimum Gasteiger partial charge on any atom is -0.366 e. The molecular weight excluding hydrogens is 242 g/mol. The van der Waals surface area contributed by atoms with Crippen LogP contribution in [-0.2, 0) is 0 Å². The third-order valence-corrected chi connectivity index (χ3v) is 2.67. The molecule has 0 aliphatic carbocycles. The fraction of sp³-hybridized carbons (Fsp3) is 0. The van der Waals surface area contributed by atoms with E-state index >= 15 is 0 Å². The molecule has 0 spiro atoms. The topological polar surface area (TPSA) is 77.2 Å². The summed E-state index contributed by atoms with van der Waals surface area (Å²) in [4.78, 5) is 34.8. The van der Waals surface area contributed by atoms with Crippen molar-refractivity contribution in [1.29, 1.82) is 0 Å². The molecule has 0 atom stereocenters. The molecule has 94 valence electrons. The quantitative estimate of drug-likeness (QED) is 0.667. The van der Waals surface area contributed by atoms with Crippen molar-refractivity contribution in [3.8, 4) is 0 Å². The zero-order valence-corrected chi connectivity index (χ0v) is 10.00. The number of rotatable bonds is 4. The fourth-order valence-electron chi connectivity index (χ4n) is 1.64. The summed E-state index contributed by atoms with van der Waals surface area (Å²) < 4.78 is 0. The molecule has 0 heterocycles. The lowest BCUT2D eigenvalue weighted by Gasteiger charge is -2.01. The Bertz CT molecular complexity index is 630. The summed E-state index contributed by atoms with van der Waals surface area (Å²) in [7, 11) is 0. The molecule has 0 aromatic heterocycles. The van der Waals surface area contributed by atoms with Gasteiger partial charge in [0.2, 0.25) is 17.5 Å². The van der Waals surface area contributed by atoms with Crippen molar-refractivity contribution in [2.24, 2.45) is 5.73 Å². The maximum atomic E-state index is 12.0. The van der Waals surface area contributed by atoms with Gasteiger partial charge in [-0.05, 0) is 12.1 Å². The molecule has 4 heteroatoms. The Labute approximate surface area is 109 Å². The van der Waals surface area contributed by atoms with Crippen molar-refractivity contribution < 1.29 is 14.4 Å². The van der Waals surface area contributed by atoms with E-state index in [-0.39, 0.29) is 5.56 Å². The molecule has 0 aliphatic heterocycles. The minimum absolute atomic E-state index is 0.235. The van der Waals surface area contributed by atoms with Crippen molar-refractivity contribution in [3.05, 3.63) is 71.3 Å². The molecule has 0 bridgehead atoms. The van der Waals surface area contributed by atoms with E-state index in [0.717, 1.165) is 0 Å². The van der Waals surface area contributed by atoms with E-state index in [9.17, 15) is 14.4 Å². The average Bonchev–Trinajstić information content (AvgIpc) is 2.46. The van der Waals surface area contributed by atoms with Gasteiger partial charge in [0.15, 0.2) is 0 Å². The number of amides is 1. The van der Waals surface area contributed by atoms with E-state index in [1.54, 1.807) is 30.3 Å². The van der Waals surface area contributed by atoms with Crippen molar-refractivity contribution in [1.82, 2.24) is 0 Å². The molecule has 2 aromatic carbocycles. The van der Waals surface area contributed by atoms with Crippen LogP contribution in [0.15, 0.2) is 54.6 Å². The van der Waals surface area contributed by atoms with Crippen LogP contribution in [0.2, 0.25) is 0 Å². The number of carbonyl (C=O) groups excluding carboxylic acids is 3. The molecule has 0 saturated heterocycles. The monoisotopic (exact) mass is 253 g/mol. The molecule has 0 aliphatic rings. The number of carbonyl (C=O) groups is 3. The molecule has 1 amide bonds. The minimum atomic E-state index is -0.609. The highest BCUT2D eigenvalue weighted by atomic mass is 16.2. The lowest BCUT2D eigenvalue weighted by molar-refractivity contribution is 0.0817. The van der Waals surface area contributed by atoms with E-state index in [1.807, 2.05) is 0 Å². The average molecular weight is 253 g/mol. The fourth-order valence-corrected chi connectivity index (χ4v) is 1.64. The summed E-state index contributed by atoms with van der Waals surface area (Å²) in [6, 6.07) is 14.0. The first-order valence-corrected chi connectivity index (χ1v) is 5.63. The van der Waals surface area contributed by atoms with E-state index in [4.69, 9.17) is 5.73 Å². The molecule has 2 N–H and O–H groups in total. The number of hydrogen-bond donors (Lipinski definition) is 1. The van der Waals surface area contributed by atoms with Gasteiger partial charge in [-0.3, -0.25) is 14.4 Å². The van der Waals surface area contributed by atoms with Gasteiger partial charge in [0, 0.05) is 16.7 Å². The van der Waals surface area contributed by atoms with Gasteiger partial charge in [-0.1, -0.05) is 42.5 Å². The Balaban J connectivity index is 2.25. The molecule has 0 fully saturated rings. The molecular formula is C15H11NO3. The summed E-state index contributed by atoms with van der Waals surface area (Å²) in [6.45, 7) is 0. The van der Waals surface area contributed by atoms with Crippen LogP contribution in [-0.4, -0.2) is 17.5 Å². The number of primary amides is 1. The molecule has 2 aromatic rings. The van der Waals surface area contributed by atoms with Gasteiger partial charge in [0.05, 0.1) is 0 Å². The molecule has 0 saturated carbocycles. The highest BCUT2D eigenvalue weighted by Crippen LogP contribution is 2.09. The Morgan fingerprint density at radius 1 is 0.632 bits per heavy atom. The van der Waals surface area contributed by atoms with Gasteiger partial charge in [0.25, 0.3) is 0 Å². The van der Waals surface area contributed by atoms with Crippen molar-refractivity contribution in [2.45, 2.75) is 0 Å². The van der Waals surface area contributed by atoms with Crippen LogP contribution in [0.1, 0.15) is 31.1 Å². The maximum Gasteiger partial charge on any atom is 0.248 e. The van der Waals surface area contributed by atoms with Crippen LogP contribution >= 0.6 is 0 Å². The number of nitrogens with two attached hydrogens (primary N) is 1. The van der Waals surface area contributed by atoms with Crippen molar-refractivity contribution >= 4 is 17.5 Å². The van der Waals surface area contributed by atoms with Crippen LogP contribution in [0.5, 0.6) is 0 Å². The summed E-state index contributed by atoms with van der Waals surface area (Å²) in [6.07, 6.45) is 0. The predicted molar refractivity (Wildman–Crippen MR) is 70.1 cm³/mol. The lowest BCUT2D eigenvalue weighted by Crippen LogP contribution is -2.15. The predicted octanol–water partition coefficient (Wildman–Crippen LogP) is 1.85. The van der Waals surface area contributed by atoms with Crippen molar-refractivity contribution in [2.75, 3.05) is 0 Å². The second-order valence-corrected chi connectivity index (χ2v) is 3.97. The number of Topliss-reactive ketones (excluding diaryl/α,β-unsaturated/α-hetero) is 2. The van der Waals surface area contributed by atoms with E-state index in [1.165, 1.54) is 24.3 Å². The van der Waals surface area contributed by atoms with Crippen molar-refractivity contribution in [3.63, 3.8) is 0 Å². The van der Waals surface area contributed by atoms with Gasteiger partial charge in [-0.2, -0.15) is 0 Å². The number of benzene rings is 2. The van der Waals surface area contributed by atoms with E-state index in [0.29, 0.717) is 11.1 Å².